The molecule has 1 aromatic heterocycles. The molecule has 1 atom stereocenters. The third-order valence-electron chi connectivity index (χ3n) is 3.87. The number of anilines is 1. The molecule has 5 heteroatoms. The maximum absolute atomic E-state index is 6.06. The van der Waals surface area contributed by atoms with Gasteiger partial charge in [-0.3, -0.25) is 4.90 Å². The van der Waals surface area contributed by atoms with E-state index in [1.165, 1.54) is 32.3 Å². The predicted octanol–water partition coefficient (Wildman–Crippen LogP) is 3.05. The van der Waals surface area contributed by atoms with Crippen LogP contribution in [0.2, 0.25) is 5.02 Å². The summed E-state index contributed by atoms with van der Waals surface area (Å²) in [5, 5.41) is 3.91. The van der Waals surface area contributed by atoms with Gasteiger partial charge in [-0.1, -0.05) is 18.5 Å². The second-order valence-corrected chi connectivity index (χ2v) is 6.49. The molecule has 19 heavy (non-hydrogen) atoms. The SMILES string of the molecule is CC1CCCN(C(C)(C)CNc2ncncc2Cl)C1. The normalized spacial score (nSPS) is 21.4. The Bertz CT molecular complexity index is 422. The van der Waals surface area contributed by atoms with Crippen LogP contribution in [0, 0.1) is 5.92 Å². The number of aromatic nitrogens is 2. The van der Waals surface area contributed by atoms with Gasteiger partial charge in [0.25, 0.3) is 0 Å². The molecule has 0 spiro atoms. The lowest BCUT2D eigenvalue weighted by Crippen LogP contribution is -2.52. The Balaban J connectivity index is 1.95. The average Bonchev–Trinajstić information content (AvgIpc) is 2.38. The maximum Gasteiger partial charge on any atom is 0.148 e. The van der Waals surface area contributed by atoms with Gasteiger partial charge < -0.3 is 5.32 Å². The highest BCUT2D eigenvalue weighted by atomic mass is 35.5. The molecular formula is C14H23ClN4. The zero-order valence-corrected chi connectivity index (χ0v) is 12.7. The van der Waals surface area contributed by atoms with Crippen LogP contribution in [0.5, 0.6) is 0 Å². The lowest BCUT2D eigenvalue weighted by Gasteiger charge is -2.43. The van der Waals surface area contributed by atoms with Crippen LogP contribution in [0.4, 0.5) is 5.82 Å². The van der Waals surface area contributed by atoms with Crippen LogP contribution in [0.3, 0.4) is 0 Å². The first kappa shape index (κ1) is 14.5. The zero-order valence-electron chi connectivity index (χ0n) is 12.0. The van der Waals surface area contributed by atoms with Crippen molar-refractivity contribution in [2.24, 2.45) is 5.92 Å². The first-order valence-electron chi connectivity index (χ1n) is 6.93. The molecule has 1 saturated heterocycles. The average molecular weight is 283 g/mol. The summed E-state index contributed by atoms with van der Waals surface area (Å²) in [5.74, 6) is 1.51. The van der Waals surface area contributed by atoms with Crippen LogP contribution in [0.15, 0.2) is 12.5 Å². The molecule has 2 rings (SSSR count). The Morgan fingerprint density at radius 3 is 3.00 bits per heavy atom. The van der Waals surface area contributed by atoms with Gasteiger partial charge in [0.1, 0.15) is 17.2 Å². The summed E-state index contributed by atoms with van der Waals surface area (Å²) in [7, 11) is 0. The molecule has 0 radical (unpaired) electrons. The summed E-state index contributed by atoms with van der Waals surface area (Å²) in [5.41, 5.74) is 0.100. The molecule has 0 saturated carbocycles. The van der Waals surface area contributed by atoms with E-state index < -0.39 is 0 Å². The Morgan fingerprint density at radius 1 is 1.53 bits per heavy atom. The van der Waals surface area contributed by atoms with Gasteiger partial charge >= 0.3 is 0 Å². The molecule has 2 heterocycles. The van der Waals surface area contributed by atoms with Crippen LogP contribution in [-0.2, 0) is 0 Å². The van der Waals surface area contributed by atoms with Crippen LogP contribution >= 0.6 is 11.6 Å². The van der Waals surface area contributed by atoms with Crippen LogP contribution < -0.4 is 5.32 Å². The van der Waals surface area contributed by atoms with Crippen LogP contribution in [-0.4, -0.2) is 40.0 Å². The van der Waals surface area contributed by atoms with E-state index in [1.807, 2.05) is 0 Å². The van der Waals surface area contributed by atoms with Gasteiger partial charge in [-0.15, -0.1) is 0 Å². The minimum absolute atomic E-state index is 0.100. The van der Waals surface area contributed by atoms with Crippen molar-refractivity contribution in [2.45, 2.75) is 39.2 Å². The number of rotatable bonds is 4. The molecule has 4 nitrogen and oxygen atoms in total. The van der Waals surface area contributed by atoms with Gasteiger partial charge in [0, 0.05) is 18.6 Å². The van der Waals surface area contributed by atoms with E-state index >= 15 is 0 Å². The molecule has 1 aliphatic rings. The van der Waals surface area contributed by atoms with E-state index in [-0.39, 0.29) is 5.54 Å². The molecule has 0 bridgehead atoms. The molecular weight excluding hydrogens is 260 g/mol. The van der Waals surface area contributed by atoms with Gasteiger partial charge in [-0.05, 0) is 39.2 Å². The lowest BCUT2D eigenvalue weighted by molar-refractivity contribution is 0.0800. The first-order valence-corrected chi connectivity index (χ1v) is 7.31. The van der Waals surface area contributed by atoms with Crippen molar-refractivity contribution in [1.82, 2.24) is 14.9 Å². The van der Waals surface area contributed by atoms with Crippen molar-refractivity contribution < 1.29 is 0 Å². The topological polar surface area (TPSA) is 41.0 Å². The van der Waals surface area contributed by atoms with Crippen molar-refractivity contribution in [3.05, 3.63) is 17.5 Å². The molecule has 0 amide bonds. The number of likely N-dealkylation sites (tertiary alicyclic amines) is 1. The summed E-state index contributed by atoms with van der Waals surface area (Å²) in [6.45, 7) is 10.1. The minimum Gasteiger partial charge on any atom is -0.367 e. The van der Waals surface area contributed by atoms with Gasteiger partial charge in [-0.2, -0.15) is 0 Å². The van der Waals surface area contributed by atoms with Crippen LogP contribution in [0.1, 0.15) is 33.6 Å². The fraction of sp³-hybridized carbons (Fsp3) is 0.714. The molecule has 0 aliphatic carbocycles. The van der Waals surface area contributed by atoms with Gasteiger partial charge in [0.2, 0.25) is 0 Å². The Hall–Kier alpha value is -0.870. The number of piperidine rings is 1. The molecule has 1 fully saturated rings. The number of hydrogen-bond acceptors (Lipinski definition) is 4. The standard InChI is InChI=1S/C14H23ClN4/c1-11-5-4-6-19(8-11)14(2,3)9-17-13-12(15)7-16-10-18-13/h7,10-11H,4-6,8-9H2,1-3H3,(H,16,17,18). The Kier molecular flexibility index (Phi) is 4.63. The molecule has 0 aromatic carbocycles. The van der Waals surface area contributed by atoms with Crippen molar-refractivity contribution in [3.63, 3.8) is 0 Å². The minimum atomic E-state index is 0.100. The van der Waals surface area contributed by atoms with E-state index in [2.05, 4.69) is 41.0 Å². The van der Waals surface area contributed by atoms with Gasteiger partial charge in [0.15, 0.2) is 0 Å². The number of halogens is 1. The fourth-order valence-corrected chi connectivity index (χ4v) is 2.77. The molecule has 1 N–H and O–H groups in total. The molecule has 106 valence electrons. The maximum atomic E-state index is 6.06. The van der Waals surface area contributed by atoms with E-state index in [1.54, 1.807) is 6.20 Å². The predicted molar refractivity (Wildman–Crippen MR) is 79.6 cm³/mol. The summed E-state index contributed by atoms with van der Waals surface area (Å²) < 4.78 is 0. The summed E-state index contributed by atoms with van der Waals surface area (Å²) in [6.07, 6.45) is 5.77. The molecule has 1 unspecified atom stereocenters. The van der Waals surface area contributed by atoms with Gasteiger partial charge in [0.05, 0.1) is 6.20 Å². The number of nitrogens with zero attached hydrogens (tertiary/aromatic N) is 3. The highest BCUT2D eigenvalue weighted by Gasteiger charge is 2.30. The second kappa shape index (κ2) is 6.06. The van der Waals surface area contributed by atoms with E-state index in [0.717, 1.165) is 18.3 Å². The summed E-state index contributed by atoms with van der Waals surface area (Å²) in [6, 6.07) is 0. The van der Waals surface area contributed by atoms with E-state index in [9.17, 15) is 0 Å². The molecule has 1 aliphatic heterocycles. The summed E-state index contributed by atoms with van der Waals surface area (Å²) >= 11 is 6.06. The number of nitrogens with one attached hydrogen (secondary N) is 1. The molecule has 1 aromatic rings. The largest absolute Gasteiger partial charge is 0.367 e. The van der Waals surface area contributed by atoms with Crippen molar-refractivity contribution >= 4 is 17.4 Å². The van der Waals surface area contributed by atoms with Crippen molar-refractivity contribution in [2.75, 3.05) is 25.0 Å². The van der Waals surface area contributed by atoms with E-state index in [0.29, 0.717) is 5.02 Å². The fourth-order valence-electron chi connectivity index (χ4n) is 2.59. The van der Waals surface area contributed by atoms with E-state index in [4.69, 9.17) is 11.6 Å². The third kappa shape index (κ3) is 3.80. The Morgan fingerprint density at radius 2 is 2.32 bits per heavy atom. The lowest BCUT2D eigenvalue weighted by atomic mass is 9.93. The van der Waals surface area contributed by atoms with Crippen LogP contribution in [0.25, 0.3) is 0 Å². The Labute approximate surface area is 120 Å². The smallest absolute Gasteiger partial charge is 0.148 e. The summed E-state index contributed by atoms with van der Waals surface area (Å²) in [4.78, 5) is 10.6. The highest BCUT2D eigenvalue weighted by Crippen LogP contribution is 2.25. The monoisotopic (exact) mass is 282 g/mol. The van der Waals surface area contributed by atoms with Crippen molar-refractivity contribution in [3.8, 4) is 0 Å². The first-order chi connectivity index (χ1) is 8.99. The third-order valence-corrected chi connectivity index (χ3v) is 4.15. The second-order valence-electron chi connectivity index (χ2n) is 6.08. The highest BCUT2D eigenvalue weighted by molar-refractivity contribution is 6.32. The van der Waals surface area contributed by atoms with Gasteiger partial charge in [-0.25, -0.2) is 9.97 Å². The van der Waals surface area contributed by atoms with Crippen molar-refractivity contribution in [1.29, 1.82) is 0 Å². The zero-order chi connectivity index (χ0) is 13.9. The quantitative estimate of drug-likeness (QED) is 0.922. The number of hydrogen-bond donors (Lipinski definition) is 1.